The van der Waals surface area contributed by atoms with Gasteiger partial charge >= 0.3 is 18.0 Å². The number of piperazine rings is 1. The first-order valence-electron chi connectivity index (χ1n) is 9.92. The normalized spacial score (nSPS) is 21.7. The van der Waals surface area contributed by atoms with Crippen molar-refractivity contribution in [2.24, 2.45) is 11.7 Å². The summed E-state index contributed by atoms with van der Waals surface area (Å²) < 4.78 is 0. The van der Waals surface area contributed by atoms with E-state index in [1.165, 1.54) is 4.90 Å². The van der Waals surface area contributed by atoms with Gasteiger partial charge in [-0.3, -0.25) is 10.2 Å². The molecule has 0 spiro atoms. The molecule has 2 aliphatic rings. The lowest BCUT2D eigenvalue weighted by atomic mass is 9.84. The van der Waals surface area contributed by atoms with Crippen LogP contribution >= 0.6 is 0 Å². The Morgan fingerprint density at radius 3 is 2.23 bits per heavy atom. The molecule has 5 amide bonds. The van der Waals surface area contributed by atoms with Crippen molar-refractivity contribution in [3.05, 3.63) is 0 Å². The first kappa shape index (κ1) is 23.2. The second-order valence-corrected chi connectivity index (χ2v) is 8.52. The van der Waals surface area contributed by atoms with Gasteiger partial charge in [-0.2, -0.15) is 0 Å². The summed E-state index contributed by atoms with van der Waals surface area (Å²) in [5.41, 5.74) is 4.81. The van der Waals surface area contributed by atoms with Crippen LogP contribution in [0.25, 0.3) is 0 Å². The highest BCUT2D eigenvalue weighted by molar-refractivity contribution is 6.07. The molecule has 0 radical (unpaired) electrons. The number of imide groups is 1. The molecule has 2 aliphatic heterocycles. The molecule has 2 fully saturated rings. The molecule has 0 aromatic rings. The highest BCUT2D eigenvalue weighted by atomic mass is 16.4. The Bertz CT molecular complexity index is 712. The van der Waals surface area contributed by atoms with Crippen LogP contribution in [0.15, 0.2) is 0 Å². The summed E-state index contributed by atoms with van der Waals surface area (Å²) in [5.74, 6) is -2.71. The van der Waals surface area contributed by atoms with Gasteiger partial charge in [0.25, 0.3) is 0 Å². The SMILES string of the molecule is CC(C)(C)NC(=O)N1CCN(C(=O)N2C(=O)[C@H](CCCNC(=N)N)C2C(=O)O)CC1. The van der Waals surface area contributed by atoms with Gasteiger partial charge in [-0.25, -0.2) is 19.3 Å². The molecule has 0 aromatic carbocycles. The van der Waals surface area contributed by atoms with Crippen LogP contribution in [0, 0.1) is 11.3 Å². The van der Waals surface area contributed by atoms with E-state index in [1.807, 2.05) is 20.8 Å². The number of carboxylic acids is 1. The molecule has 2 atom stereocenters. The lowest BCUT2D eigenvalue weighted by Crippen LogP contribution is -2.69. The van der Waals surface area contributed by atoms with Crippen molar-refractivity contribution in [2.75, 3.05) is 32.7 Å². The first-order valence-corrected chi connectivity index (χ1v) is 9.92. The van der Waals surface area contributed by atoms with Crippen molar-refractivity contribution >= 4 is 29.9 Å². The maximum Gasteiger partial charge on any atom is 0.327 e. The van der Waals surface area contributed by atoms with Gasteiger partial charge in [-0.1, -0.05) is 0 Å². The number of guanidine groups is 1. The van der Waals surface area contributed by atoms with Crippen LogP contribution in [0.4, 0.5) is 9.59 Å². The average molecular weight is 425 g/mol. The van der Waals surface area contributed by atoms with Crippen molar-refractivity contribution < 1.29 is 24.3 Å². The molecule has 30 heavy (non-hydrogen) atoms. The third kappa shape index (κ3) is 5.51. The van der Waals surface area contributed by atoms with Gasteiger partial charge in [0.1, 0.15) is 0 Å². The topological polar surface area (TPSA) is 172 Å². The molecule has 6 N–H and O–H groups in total. The minimum atomic E-state index is -1.23. The fraction of sp³-hybridized carbons (Fsp3) is 0.722. The number of urea groups is 2. The first-order chi connectivity index (χ1) is 13.9. The molecule has 0 saturated carbocycles. The molecule has 2 rings (SSSR count). The van der Waals surface area contributed by atoms with Crippen LogP contribution < -0.4 is 16.4 Å². The predicted octanol–water partition coefficient (Wildman–Crippen LogP) is -0.593. The minimum Gasteiger partial charge on any atom is -0.480 e. The zero-order chi connectivity index (χ0) is 22.6. The summed E-state index contributed by atoms with van der Waals surface area (Å²) in [6, 6.07) is -2.07. The summed E-state index contributed by atoms with van der Waals surface area (Å²) in [6.07, 6.45) is 0.726. The Hall–Kier alpha value is -3.05. The van der Waals surface area contributed by atoms with E-state index in [0.29, 0.717) is 26.1 Å². The van der Waals surface area contributed by atoms with E-state index in [-0.39, 0.29) is 37.0 Å². The van der Waals surface area contributed by atoms with Gasteiger partial charge in [-0.15, -0.1) is 0 Å². The molecule has 0 bridgehead atoms. The molecule has 168 valence electrons. The smallest absolute Gasteiger partial charge is 0.327 e. The second kappa shape index (κ2) is 9.18. The number of carbonyl (C=O) groups excluding carboxylic acids is 3. The van der Waals surface area contributed by atoms with Gasteiger partial charge in [0.15, 0.2) is 12.0 Å². The highest BCUT2D eigenvalue weighted by Gasteiger charge is 2.55. The Labute approximate surface area is 175 Å². The van der Waals surface area contributed by atoms with E-state index < -0.39 is 29.9 Å². The predicted molar refractivity (Wildman–Crippen MR) is 108 cm³/mol. The van der Waals surface area contributed by atoms with Crippen molar-refractivity contribution in [2.45, 2.75) is 45.2 Å². The van der Waals surface area contributed by atoms with Crippen molar-refractivity contribution in [1.29, 1.82) is 5.41 Å². The number of hydrogen-bond donors (Lipinski definition) is 5. The summed E-state index contributed by atoms with van der Waals surface area (Å²) in [7, 11) is 0. The molecule has 2 saturated heterocycles. The van der Waals surface area contributed by atoms with Gasteiger partial charge < -0.3 is 31.3 Å². The molecule has 12 nitrogen and oxygen atoms in total. The number of hydrogen-bond acceptors (Lipinski definition) is 5. The number of amides is 5. The fourth-order valence-corrected chi connectivity index (χ4v) is 3.52. The summed E-state index contributed by atoms with van der Waals surface area (Å²) in [5, 5.41) is 22.1. The molecule has 12 heteroatoms. The third-order valence-electron chi connectivity index (χ3n) is 5.00. The Morgan fingerprint density at radius 2 is 1.73 bits per heavy atom. The number of rotatable bonds is 5. The van der Waals surface area contributed by atoms with Gasteiger partial charge in [-0.05, 0) is 33.6 Å². The van der Waals surface area contributed by atoms with Crippen molar-refractivity contribution in [3.63, 3.8) is 0 Å². The van der Waals surface area contributed by atoms with E-state index in [2.05, 4.69) is 10.6 Å². The quantitative estimate of drug-likeness (QED) is 0.169. The standard InChI is InChI=1S/C18H31N7O5/c1-18(2,3)22-16(29)23-7-9-24(10-8-23)17(30)25-12(14(27)28)11(13(25)26)5-4-6-21-15(19)20/h11-12H,4-10H2,1-3H3,(H,22,29)(H,27,28)(H4,19,20,21)/t11-,12?/m1/s1. The number of β-lactam (4-membered cyclic amide) rings is 1. The second-order valence-electron chi connectivity index (χ2n) is 8.52. The van der Waals surface area contributed by atoms with Crippen molar-refractivity contribution in [3.8, 4) is 0 Å². The summed E-state index contributed by atoms with van der Waals surface area (Å²) in [6.45, 7) is 7.01. The number of nitrogens with two attached hydrogens (primary N) is 1. The zero-order valence-corrected chi connectivity index (χ0v) is 17.6. The largest absolute Gasteiger partial charge is 0.480 e. The van der Waals surface area contributed by atoms with Gasteiger partial charge in [0, 0.05) is 38.3 Å². The third-order valence-corrected chi connectivity index (χ3v) is 5.00. The Balaban J connectivity index is 1.90. The van der Waals surface area contributed by atoms with E-state index in [4.69, 9.17) is 11.1 Å². The van der Waals surface area contributed by atoms with Crippen LogP contribution in [0.3, 0.4) is 0 Å². The Kier molecular flexibility index (Phi) is 7.11. The molecule has 0 aliphatic carbocycles. The van der Waals surface area contributed by atoms with Crippen LogP contribution in [-0.2, 0) is 9.59 Å². The lowest BCUT2D eigenvalue weighted by Gasteiger charge is -2.46. The molecule has 2 heterocycles. The average Bonchev–Trinajstić information content (AvgIpc) is 2.63. The zero-order valence-electron chi connectivity index (χ0n) is 17.6. The number of carboxylic acid groups (broad SMARTS) is 1. The molecule has 0 aromatic heterocycles. The highest BCUT2D eigenvalue weighted by Crippen LogP contribution is 2.32. The minimum absolute atomic E-state index is 0.197. The number of nitrogens with one attached hydrogen (secondary N) is 3. The van der Waals surface area contributed by atoms with E-state index in [1.54, 1.807) is 4.90 Å². The van der Waals surface area contributed by atoms with Crippen LogP contribution in [0.5, 0.6) is 0 Å². The Morgan fingerprint density at radius 1 is 1.17 bits per heavy atom. The number of aliphatic carboxylic acids is 1. The number of nitrogens with zero attached hydrogens (tertiary/aromatic N) is 3. The molecular formula is C18H31N7O5. The summed E-state index contributed by atoms with van der Waals surface area (Å²) in [4.78, 5) is 52.9. The van der Waals surface area contributed by atoms with Crippen molar-refractivity contribution in [1.82, 2.24) is 25.3 Å². The monoisotopic (exact) mass is 425 g/mol. The van der Waals surface area contributed by atoms with E-state index in [9.17, 15) is 24.3 Å². The number of carbonyl (C=O) groups is 4. The summed E-state index contributed by atoms with van der Waals surface area (Å²) >= 11 is 0. The van der Waals surface area contributed by atoms with Crippen LogP contribution in [0.1, 0.15) is 33.6 Å². The van der Waals surface area contributed by atoms with E-state index in [0.717, 1.165) is 4.90 Å². The van der Waals surface area contributed by atoms with Crippen LogP contribution in [-0.4, -0.2) is 94.0 Å². The molecule has 1 unspecified atom stereocenters. The number of likely N-dealkylation sites (tertiary alicyclic amines) is 1. The maximum absolute atomic E-state index is 12.8. The van der Waals surface area contributed by atoms with E-state index >= 15 is 0 Å². The molecular weight excluding hydrogens is 394 g/mol. The van der Waals surface area contributed by atoms with Gasteiger partial charge in [0.05, 0.1) is 5.92 Å². The van der Waals surface area contributed by atoms with Gasteiger partial charge in [0.2, 0.25) is 5.91 Å². The lowest BCUT2D eigenvalue weighted by molar-refractivity contribution is -0.167. The maximum atomic E-state index is 12.8. The fourth-order valence-electron chi connectivity index (χ4n) is 3.52. The van der Waals surface area contributed by atoms with Crippen LogP contribution in [0.2, 0.25) is 0 Å².